The van der Waals surface area contributed by atoms with Crippen LogP contribution in [0.5, 0.6) is 0 Å². The van der Waals surface area contributed by atoms with E-state index in [2.05, 4.69) is 4.99 Å². The molecule has 0 saturated carbocycles. The van der Waals surface area contributed by atoms with Crippen LogP contribution in [0, 0.1) is 0 Å². The van der Waals surface area contributed by atoms with Crippen molar-refractivity contribution < 1.29 is 38.5 Å². The molecular formula is C37H36N2O9S3. The van der Waals surface area contributed by atoms with E-state index in [1.165, 1.54) is 36.4 Å². The first kappa shape index (κ1) is 37.6. The zero-order valence-corrected chi connectivity index (χ0v) is 30.2. The monoisotopic (exact) mass is 748 g/mol. The summed E-state index contributed by atoms with van der Waals surface area (Å²) < 4.78 is 97.4. The van der Waals surface area contributed by atoms with E-state index in [1.807, 2.05) is 36.1 Å². The maximum atomic E-state index is 12.5. The smallest absolute Gasteiger partial charge is 0.296 e. The lowest BCUT2D eigenvalue weighted by molar-refractivity contribution is 0.338. The normalized spacial score (nSPS) is 13.3. The fraction of sp³-hybridized carbons (Fsp3) is 0.162. The lowest BCUT2D eigenvalue weighted by Gasteiger charge is -2.24. The molecule has 0 heterocycles. The lowest BCUT2D eigenvalue weighted by atomic mass is 9.90. The summed E-state index contributed by atoms with van der Waals surface area (Å²) in [5, 5.41) is 0. The van der Waals surface area contributed by atoms with Crippen LogP contribution in [0.1, 0.15) is 36.1 Å². The Kier molecular flexibility index (Phi) is 11.5. The number of nitrogens with zero attached hydrogens (tertiary/aromatic N) is 2. The van der Waals surface area contributed by atoms with Gasteiger partial charge in [0.15, 0.2) is 0 Å². The van der Waals surface area contributed by atoms with E-state index in [0.717, 1.165) is 5.69 Å². The molecule has 0 bridgehead atoms. The molecule has 4 aromatic rings. The minimum atomic E-state index is -4.59. The SMILES string of the molecule is CCOS(=O)(=O)c1cccc(CN=C2C=CC(=C(c3ccc(N(CC)Cc4cccc(S(=O)(=O)O)c4)cc3)c3ccccc3S(=O)(=O)O)C=C2)c1. The van der Waals surface area contributed by atoms with Gasteiger partial charge in [-0.25, -0.2) is 0 Å². The van der Waals surface area contributed by atoms with Gasteiger partial charge in [-0.1, -0.05) is 66.7 Å². The van der Waals surface area contributed by atoms with Gasteiger partial charge in [0.05, 0.1) is 28.7 Å². The number of rotatable bonds is 13. The summed E-state index contributed by atoms with van der Waals surface area (Å²) in [4.78, 5) is 6.22. The van der Waals surface area contributed by atoms with Crippen LogP contribution in [0.4, 0.5) is 5.69 Å². The predicted molar refractivity (Wildman–Crippen MR) is 196 cm³/mol. The Balaban J connectivity index is 1.48. The van der Waals surface area contributed by atoms with Crippen molar-refractivity contribution in [3.63, 3.8) is 0 Å². The van der Waals surface area contributed by atoms with Gasteiger partial charge in [0.25, 0.3) is 30.4 Å². The van der Waals surface area contributed by atoms with Gasteiger partial charge in [-0.05, 0) is 96.3 Å². The third-order valence-corrected chi connectivity index (χ3v) is 11.1. The summed E-state index contributed by atoms with van der Waals surface area (Å²) in [6, 6.07) is 26.0. The molecule has 5 rings (SSSR count). The van der Waals surface area contributed by atoms with Gasteiger partial charge in [0, 0.05) is 24.3 Å². The maximum absolute atomic E-state index is 12.5. The molecular weight excluding hydrogens is 713 g/mol. The Morgan fingerprint density at radius 3 is 1.96 bits per heavy atom. The molecule has 0 aliphatic heterocycles. The average molecular weight is 749 g/mol. The van der Waals surface area contributed by atoms with E-state index in [0.29, 0.717) is 52.2 Å². The Hall–Kier alpha value is -4.70. The summed E-state index contributed by atoms with van der Waals surface area (Å²) in [7, 11) is -12.8. The van der Waals surface area contributed by atoms with E-state index in [9.17, 15) is 34.4 Å². The lowest BCUT2D eigenvalue weighted by Crippen LogP contribution is -2.22. The first-order chi connectivity index (χ1) is 24.2. The highest BCUT2D eigenvalue weighted by molar-refractivity contribution is 7.87. The Bertz CT molecular complexity index is 2360. The number of hydrogen-bond acceptors (Lipinski definition) is 9. The van der Waals surface area contributed by atoms with Crippen LogP contribution in [0.15, 0.2) is 147 Å². The number of allylic oxidation sites excluding steroid dienone is 5. The van der Waals surface area contributed by atoms with Gasteiger partial charge in [0.1, 0.15) is 4.90 Å². The van der Waals surface area contributed by atoms with E-state index < -0.39 is 30.4 Å². The van der Waals surface area contributed by atoms with Gasteiger partial charge in [-0.2, -0.15) is 25.3 Å². The number of aliphatic imine (C=N–C) groups is 1. The van der Waals surface area contributed by atoms with Gasteiger partial charge in [-0.3, -0.25) is 18.3 Å². The molecule has 2 N–H and O–H groups in total. The molecule has 11 nitrogen and oxygen atoms in total. The number of hydrogen-bond donors (Lipinski definition) is 2. The summed E-state index contributed by atoms with van der Waals surface area (Å²) in [5.74, 6) is 0. The largest absolute Gasteiger partial charge is 0.367 e. The molecule has 14 heteroatoms. The molecule has 0 atom stereocenters. The standard InChI is InChI=1S/C37H36N2O9S3/c1-3-39(26-28-10-8-11-33(24-28)49(40,41)42)32-21-17-30(18-22-32)37(35-13-5-6-14-36(35)50(43,44)45)29-15-19-31(20-16-29)38-25-27-9-7-12-34(23-27)51(46,47)48-4-2/h5-24H,3-4,25-26H2,1-2H3,(H,40,41,42)(H,43,44,45). The molecule has 0 fully saturated rings. The van der Waals surface area contributed by atoms with Crippen molar-refractivity contribution in [3.8, 4) is 0 Å². The van der Waals surface area contributed by atoms with Crippen molar-refractivity contribution in [1.82, 2.24) is 0 Å². The first-order valence-electron chi connectivity index (χ1n) is 15.8. The van der Waals surface area contributed by atoms with Crippen molar-refractivity contribution in [2.75, 3.05) is 18.1 Å². The van der Waals surface area contributed by atoms with Crippen LogP contribution in [0.3, 0.4) is 0 Å². The van der Waals surface area contributed by atoms with E-state index >= 15 is 0 Å². The Morgan fingerprint density at radius 1 is 0.706 bits per heavy atom. The summed E-state index contributed by atoms with van der Waals surface area (Å²) in [6.45, 7) is 4.71. The highest BCUT2D eigenvalue weighted by Crippen LogP contribution is 2.35. The molecule has 1 aliphatic rings. The molecule has 51 heavy (non-hydrogen) atoms. The van der Waals surface area contributed by atoms with Crippen LogP contribution in [-0.4, -0.2) is 53.2 Å². The number of benzene rings is 4. The van der Waals surface area contributed by atoms with Gasteiger partial charge in [-0.15, -0.1) is 0 Å². The highest BCUT2D eigenvalue weighted by Gasteiger charge is 2.22. The Labute approximate surface area is 298 Å². The van der Waals surface area contributed by atoms with Crippen LogP contribution in [0.2, 0.25) is 0 Å². The fourth-order valence-electron chi connectivity index (χ4n) is 5.56. The molecule has 0 amide bonds. The highest BCUT2D eigenvalue weighted by atomic mass is 32.2. The van der Waals surface area contributed by atoms with Crippen molar-refractivity contribution in [3.05, 3.63) is 149 Å². The zero-order valence-electron chi connectivity index (χ0n) is 27.7. The van der Waals surface area contributed by atoms with Gasteiger partial charge >= 0.3 is 0 Å². The van der Waals surface area contributed by atoms with Gasteiger partial charge in [0.2, 0.25) is 0 Å². The molecule has 4 aromatic carbocycles. The number of anilines is 1. The van der Waals surface area contributed by atoms with Gasteiger partial charge < -0.3 is 4.90 Å². The molecule has 0 saturated heterocycles. The second kappa shape index (κ2) is 15.7. The molecule has 0 aromatic heterocycles. The topological polar surface area (TPSA) is 168 Å². The van der Waals surface area contributed by atoms with E-state index in [1.54, 1.807) is 67.6 Å². The minimum absolute atomic E-state index is 0.0231. The summed E-state index contributed by atoms with van der Waals surface area (Å²) in [6.07, 6.45) is 7.11. The van der Waals surface area contributed by atoms with Crippen molar-refractivity contribution in [1.29, 1.82) is 0 Å². The van der Waals surface area contributed by atoms with Crippen LogP contribution in [-0.2, 0) is 47.6 Å². The Morgan fingerprint density at radius 2 is 1.33 bits per heavy atom. The zero-order chi connectivity index (χ0) is 36.8. The second-order valence-corrected chi connectivity index (χ2v) is 15.8. The van der Waals surface area contributed by atoms with Crippen molar-refractivity contribution >= 4 is 47.3 Å². The second-order valence-electron chi connectivity index (χ2n) is 11.4. The molecule has 0 radical (unpaired) electrons. The third-order valence-electron chi connectivity index (χ3n) is 7.97. The molecule has 0 spiro atoms. The first-order valence-corrected chi connectivity index (χ1v) is 20.1. The van der Waals surface area contributed by atoms with Crippen LogP contribution >= 0.6 is 0 Å². The molecule has 0 unspecified atom stereocenters. The van der Waals surface area contributed by atoms with Crippen LogP contribution < -0.4 is 4.90 Å². The van der Waals surface area contributed by atoms with Crippen molar-refractivity contribution in [2.24, 2.45) is 4.99 Å². The molecule has 266 valence electrons. The summed E-state index contributed by atoms with van der Waals surface area (Å²) >= 11 is 0. The average Bonchev–Trinajstić information content (AvgIpc) is 3.10. The quantitative estimate of drug-likeness (QED) is 0.114. The summed E-state index contributed by atoms with van der Waals surface area (Å²) in [5.41, 5.74) is 4.91. The van der Waals surface area contributed by atoms with Crippen molar-refractivity contribution in [2.45, 2.75) is 41.6 Å². The molecule has 1 aliphatic carbocycles. The third kappa shape index (κ3) is 9.35. The van der Waals surface area contributed by atoms with E-state index in [4.69, 9.17) is 4.18 Å². The predicted octanol–water partition coefficient (Wildman–Crippen LogP) is 6.50. The maximum Gasteiger partial charge on any atom is 0.296 e. The minimum Gasteiger partial charge on any atom is -0.367 e. The van der Waals surface area contributed by atoms with E-state index in [-0.39, 0.29) is 27.8 Å². The van der Waals surface area contributed by atoms with Crippen LogP contribution in [0.25, 0.3) is 5.57 Å². The fourth-order valence-corrected chi connectivity index (χ4v) is 7.80.